The van der Waals surface area contributed by atoms with Crippen molar-refractivity contribution in [3.05, 3.63) is 74.6 Å². The number of carbonyl (C=O) groups excluding carboxylic acids is 2. The first-order valence-electron chi connectivity index (χ1n) is 9.65. The number of thiophene rings is 1. The summed E-state index contributed by atoms with van der Waals surface area (Å²) < 4.78 is 1.57. The van der Waals surface area contributed by atoms with Crippen LogP contribution in [0.2, 0.25) is 0 Å². The van der Waals surface area contributed by atoms with Gasteiger partial charge in [0.1, 0.15) is 16.4 Å². The van der Waals surface area contributed by atoms with Crippen molar-refractivity contribution in [2.45, 2.75) is 33.2 Å². The van der Waals surface area contributed by atoms with Crippen LogP contribution in [0.1, 0.15) is 40.0 Å². The van der Waals surface area contributed by atoms with Crippen LogP contribution < -0.4 is 11.3 Å². The van der Waals surface area contributed by atoms with E-state index in [0.717, 1.165) is 27.7 Å². The van der Waals surface area contributed by atoms with E-state index in [1.54, 1.807) is 11.5 Å². The smallest absolute Gasteiger partial charge is 0.262 e. The van der Waals surface area contributed by atoms with Gasteiger partial charge in [-0.2, -0.15) is 0 Å². The normalized spacial score (nSPS) is 11.3. The van der Waals surface area contributed by atoms with Crippen LogP contribution in [-0.2, 0) is 17.8 Å². The molecule has 0 aliphatic heterocycles. The van der Waals surface area contributed by atoms with Gasteiger partial charge in [-0.15, -0.1) is 11.3 Å². The summed E-state index contributed by atoms with van der Waals surface area (Å²) in [7, 11) is 0. The number of benzene rings is 2. The minimum absolute atomic E-state index is 0.00188. The summed E-state index contributed by atoms with van der Waals surface area (Å²) in [5.41, 5.74) is 6.83. The Bertz CT molecular complexity index is 1360. The Morgan fingerprint density at radius 3 is 2.60 bits per heavy atom. The van der Waals surface area contributed by atoms with E-state index in [1.807, 2.05) is 42.5 Å². The van der Waals surface area contributed by atoms with Crippen molar-refractivity contribution < 1.29 is 9.59 Å². The summed E-state index contributed by atoms with van der Waals surface area (Å²) in [4.78, 5) is 42.3. The summed E-state index contributed by atoms with van der Waals surface area (Å²) >= 11 is 1.14. The van der Waals surface area contributed by atoms with E-state index < -0.39 is 5.91 Å². The van der Waals surface area contributed by atoms with E-state index in [1.165, 1.54) is 6.92 Å². The van der Waals surface area contributed by atoms with Gasteiger partial charge in [0.05, 0.1) is 10.3 Å². The maximum absolute atomic E-state index is 13.3. The highest BCUT2D eigenvalue weighted by molar-refractivity contribution is 7.20. The molecule has 152 valence electrons. The summed E-state index contributed by atoms with van der Waals surface area (Å²) in [6.07, 6.45) is 0.675. The predicted molar refractivity (Wildman–Crippen MR) is 119 cm³/mol. The van der Waals surface area contributed by atoms with E-state index in [0.29, 0.717) is 32.9 Å². The van der Waals surface area contributed by atoms with Gasteiger partial charge in [0.25, 0.3) is 11.5 Å². The highest BCUT2D eigenvalue weighted by Gasteiger charge is 2.21. The molecule has 2 N–H and O–H groups in total. The van der Waals surface area contributed by atoms with Gasteiger partial charge < -0.3 is 5.73 Å². The van der Waals surface area contributed by atoms with Gasteiger partial charge in [-0.1, -0.05) is 42.5 Å². The molecule has 0 saturated carbocycles. The van der Waals surface area contributed by atoms with E-state index >= 15 is 0 Å². The number of hydrogen-bond acceptors (Lipinski definition) is 5. The van der Waals surface area contributed by atoms with Crippen LogP contribution in [0.15, 0.2) is 47.3 Å². The molecular weight excluding hydrogens is 398 g/mol. The number of rotatable bonds is 6. The van der Waals surface area contributed by atoms with E-state index in [9.17, 15) is 14.4 Å². The van der Waals surface area contributed by atoms with Crippen molar-refractivity contribution in [2.24, 2.45) is 5.73 Å². The van der Waals surface area contributed by atoms with Gasteiger partial charge in [-0.3, -0.25) is 19.0 Å². The number of Topliss-reactive ketones (excluding diaryl/α,β-unsaturated/α-hetero) is 1. The molecule has 0 bridgehead atoms. The second kappa shape index (κ2) is 7.84. The fourth-order valence-electron chi connectivity index (χ4n) is 3.75. The van der Waals surface area contributed by atoms with Gasteiger partial charge in [0, 0.05) is 19.4 Å². The average molecular weight is 420 g/mol. The lowest BCUT2D eigenvalue weighted by Crippen LogP contribution is -2.26. The maximum atomic E-state index is 13.3. The Morgan fingerprint density at radius 1 is 1.13 bits per heavy atom. The van der Waals surface area contributed by atoms with Crippen LogP contribution in [-0.4, -0.2) is 21.2 Å². The topological polar surface area (TPSA) is 95.0 Å². The summed E-state index contributed by atoms with van der Waals surface area (Å²) in [5, 5.41) is 2.60. The quantitative estimate of drug-likeness (QED) is 0.517. The molecule has 7 heteroatoms. The third-order valence-corrected chi connectivity index (χ3v) is 6.47. The van der Waals surface area contributed by atoms with Crippen molar-refractivity contribution >= 4 is 44.0 Å². The number of amides is 1. The molecule has 0 saturated heterocycles. The molecule has 0 unspecified atom stereocenters. The molecule has 0 aliphatic rings. The molecule has 0 radical (unpaired) electrons. The van der Waals surface area contributed by atoms with Gasteiger partial charge in [0.15, 0.2) is 0 Å². The standard InChI is InChI=1S/C23H21N3O3S/c1-13(27)10-11-26-18(12-16-8-5-7-15-6-3-4-9-17(15)16)25-22-19(23(26)29)14(2)20(30-22)21(24)28/h3-9H,10-12H2,1-2H3,(H2,24,28). The number of primary amides is 1. The number of aromatic nitrogens is 2. The molecule has 0 fully saturated rings. The molecule has 2 heterocycles. The minimum atomic E-state index is -0.569. The molecule has 4 aromatic rings. The maximum Gasteiger partial charge on any atom is 0.262 e. The summed E-state index contributed by atoms with van der Waals surface area (Å²) in [6.45, 7) is 3.46. The number of ketones is 1. The first kappa shape index (κ1) is 20.0. The number of nitrogens with two attached hydrogens (primary N) is 1. The third-order valence-electron chi connectivity index (χ3n) is 5.27. The number of hydrogen-bond donors (Lipinski definition) is 1. The van der Waals surface area contributed by atoms with Crippen LogP contribution in [0.5, 0.6) is 0 Å². The van der Waals surface area contributed by atoms with E-state index in [-0.39, 0.29) is 24.3 Å². The largest absolute Gasteiger partial charge is 0.365 e. The molecule has 6 nitrogen and oxygen atoms in total. The second-order valence-corrected chi connectivity index (χ2v) is 8.35. The van der Waals surface area contributed by atoms with Gasteiger partial charge in [0.2, 0.25) is 0 Å². The average Bonchev–Trinajstić information content (AvgIpc) is 3.04. The number of nitrogens with zero attached hydrogens (tertiary/aromatic N) is 2. The first-order valence-corrected chi connectivity index (χ1v) is 10.5. The Labute approximate surface area is 177 Å². The molecule has 0 spiro atoms. The molecule has 4 rings (SSSR count). The Morgan fingerprint density at radius 2 is 1.87 bits per heavy atom. The molecule has 0 aliphatic carbocycles. The number of fused-ring (bicyclic) bond motifs is 2. The van der Waals surface area contributed by atoms with E-state index in [4.69, 9.17) is 10.7 Å². The van der Waals surface area contributed by atoms with Crippen molar-refractivity contribution in [1.29, 1.82) is 0 Å². The fourth-order valence-corrected chi connectivity index (χ4v) is 4.79. The Hall–Kier alpha value is -3.32. The van der Waals surface area contributed by atoms with Crippen LogP contribution in [0, 0.1) is 6.92 Å². The highest BCUT2D eigenvalue weighted by atomic mass is 32.1. The molecule has 2 aromatic heterocycles. The zero-order valence-corrected chi connectivity index (χ0v) is 17.6. The molecular formula is C23H21N3O3S. The fraction of sp³-hybridized carbons (Fsp3) is 0.217. The zero-order valence-electron chi connectivity index (χ0n) is 16.8. The zero-order chi connectivity index (χ0) is 21.4. The lowest BCUT2D eigenvalue weighted by atomic mass is 10.0. The third kappa shape index (κ3) is 3.52. The number of carbonyl (C=O) groups is 2. The van der Waals surface area contributed by atoms with E-state index in [2.05, 4.69) is 0 Å². The van der Waals surface area contributed by atoms with Gasteiger partial charge in [-0.25, -0.2) is 4.98 Å². The number of aryl methyl sites for hydroxylation is 1. The van der Waals surface area contributed by atoms with Crippen molar-refractivity contribution in [2.75, 3.05) is 0 Å². The lowest BCUT2D eigenvalue weighted by molar-refractivity contribution is -0.117. The van der Waals surface area contributed by atoms with Crippen LogP contribution in [0.25, 0.3) is 21.0 Å². The lowest BCUT2D eigenvalue weighted by Gasteiger charge is -2.13. The van der Waals surface area contributed by atoms with Gasteiger partial charge in [-0.05, 0) is 35.7 Å². The molecule has 2 aromatic carbocycles. The monoisotopic (exact) mass is 419 g/mol. The molecule has 1 amide bonds. The van der Waals surface area contributed by atoms with Gasteiger partial charge >= 0.3 is 0 Å². The Balaban J connectivity index is 1.92. The summed E-state index contributed by atoms with van der Waals surface area (Å²) in [5.74, 6) is 0.00105. The second-order valence-electron chi connectivity index (χ2n) is 7.35. The van der Waals surface area contributed by atoms with Crippen molar-refractivity contribution in [3.8, 4) is 0 Å². The highest BCUT2D eigenvalue weighted by Crippen LogP contribution is 2.28. The first-order chi connectivity index (χ1) is 14.4. The minimum Gasteiger partial charge on any atom is -0.365 e. The SMILES string of the molecule is CC(=O)CCn1c(Cc2cccc3ccccc23)nc2sc(C(N)=O)c(C)c2c1=O. The van der Waals surface area contributed by atoms with Crippen molar-refractivity contribution in [1.82, 2.24) is 9.55 Å². The van der Waals surface area contributed by atoms with Crippen molar-refractivity contribution in [3.63, 3.8) is 0 Å². The van der Waals surface area contributed by atoms with Crippen LogP contribution >= 0.6 is 11.3 Å². The Kier molecular flexibility index (Phi) is 5.22. The molecule has 30 heavy (non-hydrogen) atoms. The van der Waals surface area contributed by atoms with Crippen LogP contribution in [0.3, 0.4) is 0 Å². The predicted octanol–water partition coefficient (Wildman–Crippen LogP) is 3.59. The molecule has 0 atom stereocenters. The summed E-state index contributed by atoms with van der Waals surface area (Å²) in [6, 6.07) is 14.1. The van der Waals surface area contributed by atoms with Crippen LogP contribution in [0.4, 0.5) is 0 Å².